The van der Waals surface area contributed by atoms with Crippen LogP contribution in [0.2, 0.25) is 0 Å². The number of esters is 2. The number of phenolic OH excluding ortho intramolecular Hbond substituents is 1. The van der Waals surface area contributed by atoms with Crippen molar-refractivity contribution < 1.29 is 67.0 Å². The first-order chi connectivity index (χ1) is 20.4. The fourth-order valence-electron chi connectivity index (χ4n) is 6.38. The lowest BCUT2D eigenvalue weighted by Gasteiger charge is -2.61. The number of carbonyl (C=O) groups excluding carboxylic acids is 3. The number of rotatable bonds is 7. The van der Waals surface area contributed by atoms with E-state index in [9.17, 15) is 42.9 Å². The van der Waals surface area contributed by atoms with Crippen LogP contribution in [0.15, 0.2) is 24.0 Å². The summed E-state index contributed by atoms with van der Waals surface area (Å²) >= 11 is 0. The summed E-state index contributed by atoms with van der Waals surface area (Å²) in [7, 11) is 1.98. The molecule has 1 fully saturated rings. The summed E-state index contributed by atoms with van der Waals surface area (Å²) in [6.07, 6.45) is -5.49. The fraction of sp³-hybridized carbons (Fsp3) is 0.571. The van der Waals surface area contributed by atoms with Gasteiger partial charge in [0.15, 0.2) is 23.7 Å². The molecular weight excluding hydrogens is 597 g/mol. The van der Waals surface area contributed by atoms with Gasteiger partial charge in [-0.05, 0) is 58.0 Å². The standard InChI is InChI=1S/C26H32N2O9.C2HF3O2/c1-13(29)23(32)27-10-7-19(31)35-14(2)24(33)36-17-6-8-26(34)18-12-15-4-5-16(30)21-20(15)25(26,22(17)37-21)9-11-28(18)3;3-2(4,5)1(6)7/h4-6,13-14,18,22,29-30,34H,7-12H2,1-3H3,(H,27,32);(H,6,7)/t13-,14?,18+,22-,25-,26+;/m0./s1. The molecular formula is C28H33F3N2O11. The number of ether oxygens (including phenoxy) is 3. The maximum absolute atomic E-state index is 12.9. The Bertz CT molecular complexity index is 1380. The monoisotopic (exact) mass is 630 g/mol. The van der Waals surface area contributed by atoms with Crippen LogP contribution in [0.25, 0.3) is 0 Å². The van der Waals surface area contributed by atoms with E-state index in [4.69, 9.17) is 24.1 Å². The molecule has 0 radical (unpaired) electrons. The number of carboxylic acid groups (broad SMARTS) is 1. The largest absolute Gasteiger partial charge is 0.504 e. The van der Waals surface area contributed by atoms with Gasteiger partial charge in [-0.2, -0.15) is 13.2 Å². The first-order valence-corrected chi connectivity index (χ1v) is 13.8. The topological polar surface area (TPSA) is 192 Å². The molecule has 1 unspecified atom stereocenters. The van der Waals surface area contributed by atoms with Crippen molar-refractivity contribution in [3.63, 3.8) is 0 Å². The number of aliphatic hydroxyl groups is 2. The van der Waals surface area contributed by atoms with E-state index in [1.807, 2.05) is 13.1 Å². The van der Waals surface area contributed by atoms with E-state index in [2.05, 4.69) is 10.2 Å². The van der Waals surface area contributed by atoms with Crippen LogP contribution in [-0.2, 0) is 40.5 Å². The molecule has 5 rings (SSSR count). The molecule has 4 aliphatic rings. The quantitative estimate of drug-likeness (QED) is 0.265. The van der Waals surface area contributed by atoms with E-state index < -0.39 is 59.3 Å². The summed E-state index contributed by atoms with van der Waals surface area (Å²) in [6, 6.07) is 3.28. The number of aromatic hydroxyl groups is 1. The van der Waals surface area contributed by atoms with Gasteiger partial charge in [-0.1, -0.05) is 6.07 Å². The molecule has 2 aliphatic heterocycles. The average molecular weight is 631 g/mol. The number of carboxylic acids is 1. The van der Waals surface area contributed by atoms with Crippen LogP contribution in [0, 0.1) is 0 Å². The molecule has 1 aromatic rings. The van der Waals surface area contributed by atoms with Crippen molar-refractivity contribution in [3.8, 4) is 11.5 Å². The van der Waals surface area contributed by atoms with Gasteiger partial charge in [-0.25, -0.2) is 9.59 Å². The normalized spacial score (nSPS) is 27.7. The molecule has 16 heteroatoms. The number of alkyl halides is 3. The first kappa shape index (κ1) is 33.0. The van der Waals surface area contributed by atoms with Crippen LogP contribution < -0.4 is 10.1 Å². The molecule has 1 amide bonds. The second kappa shape index (κ2) is 11.9. The molecule has 13 nitrogen and oxygen atoms in total. The number of nitrogens with zero attached hydrogens (tertiary/aromatic N) is 1. The molecule has 2 bridgehead atoms. The smallest absolute Gasteiger partial charge is 0.490 e. The van der Waals surface area contributed by atoms with Crippen LogP contribution in [0.5, 0.6) is 11.5 Å². The number of hydrogen-bond donors (Lipinski definition) is 5. The number of carbonyl (C=O) groups is 4. The van der Waals surface area contributed by atoms with Gasteiger partial charge in [-0.3, -0.25) is 9.59 Å². The van der Waals surface area contributed by atoms with Crippen LogP contribution in [0.1, 0.15) is 44.2 Å². The fourth-order valence-corrected chi connectivity index (χ4v) is 6.38. The van der Waals surface area contributed by atoms with E-state index in [1.165, 1.54) is 13.8 Å². The average Bonchev–Trinajstić information content (AvgIpc) is 3.29. The van der Waals surface area contributed by atoms with Gasteiger partial charge in [0.05, 0.1) is 17.4 Å². The van der Waals surface area contributed by atoms with E-state index >= 15 is 0 Å². The van der Waals surface area contributed by atoms with E-state index in [-0.39, 0.29) is 36.9 Å². The summed E-state index contributed by atoms with van der Waals surface area (Å²) < 4.78 is 48.8. The number of likely N-dealkylation sites (N-methyl/N-ethyl adjacent to an activating group) is 1. The lowest BCUT2D eigenvalue weighted by Crippen LogP contribution is -2.74. The number of likely N-dealkylation sites (tertiary alicyclic amines) is 1. The number of amides is 1. The SMILES string of the molecule is CC(OC(=O)CCNC(=O)[C@H](C)O)C(=O)OC1=CC[C@@]2(O)[C@H]3Cc4ccc(O)c5c4[C@@]2(CCN3C)[C@H]1O5.O=C(O)C(F)(F)F. The Kier molecular flexibility index (Phi) is 8.92. The number of aliphatic hydroxyl groups excluding tert-OH is 1. The van der Waals surface area contributed by atoms with E-state index in [0.717, 1.165) is 11.1 Å². The predicted octanol–water partition coefficient (Wildman–Crippen LogP) is 0.665. The predicted molar refractivity (Wildman–Crippen MR) is 141 cm³/mol. The lowest BCUT2D eigenvalue weighted by atomic mass is 9.50. The number of piperidine rings is 1. The lowest BCUT2D eigenvalue weighted by molar-refractivity contribution is -0.192. The van der Waals surface area contributed by atoms with Crippen LogP contribution in [0.3, 0.4) is 0 Å². The summed E-state index contributed by atoms with van der Waals surface area (Å²) in [5.41, 5.74) is -0.293. The van der Waals surface area contributed by atoms with Gasteiger partial charge in [-0.15, -0.1) is 0 Å². The number of aliphatic carboxylic acids is 1. The molecule has 44 heavy (non-hydrogen) atoms. The van der Waals surface area contributed by atoms with Gasteiger partial charge in [0.1, 0.15) is 11.9 Å². The number of halogens is 3. The zero-order valence-corrected chi connectivity index (χ0v) is 24.0. The minimum atomic E-state index is -5.08. The minimum absolute atomic E-state index is 0.0297. The van der Waals surface area contributed by atoms with E-state index in [0.29, 0.717) is 25.1 Å². The van der Waals surface area contributed by atoms with Gasteiger partial charge < -0.3 is 44.9 Å². The van der Waals surface area contributed by atoms with E-state index in [1.54, 1.807) is 12.1 Å². The van der Waals surface area contributed by atoms with Crippen LogP contribution in [-0.4, -0.2) is 105 Å². The van der Waals surface area contributed by atoms with Crippen molar-refractivity contribution in [1.29, 1.82) is 0 Å². The molecule has 6 atom stereocenters. The van der Waals surface area contributed by atoms with Crippen molar-refractivity contribution in [2.45, 2.75) is 81.1 Å². The third kappa shape index (κ3) is 5.68. The Balaban J connectivity index is 0.000000566. The molecule has 0 aromatic heterocycles. The third-order valence-corrected chi connectivity index (χ3v) is 8.46. The highest BCUT2D eigenvalue weighted by atomic mass is 19.4. The zero-order valence-electron chi connectivity index (χ0n) is 24.0. The molecule has 5 N–H and O–H groups in total. The molecule has 2 heterocycles. The Labute approximate surface area is 249 Å². The Morgan fingerprint density at radius 3 is 2.50 bits per heavy atom. The Morgan fingerprint density at radius 1 is 1.23 bits per heavy atom. The Hall–Kier alpha value is -3.89. The number of nitrogens with one attached hydrogen (secondary N) is 1. The molecule has 2 aliphatic carbocycles. The van der Waals surface area contributed by atoms with Crippen molar-refractivity contribution in [2.75, 3.05) is 20.1 Å². The highest BCUT2D eigenvalue weighted by molar-refractivity contribution is 5.82. The second-order valence-corrected chi connectivity index (χ2v) is 11.2. The van der Waals surface area contributed by atoms with Gasteiger partial charge in [0.2, 0.25) is 5.91 Å². The van der Waals surface area contributed by atoms with Gasteiger partial charge >= 0.3 is 24.1 Å². The maximum Gasteiger partial charge on any atom is 0.490 e. The van der Waals surface area contributed by atoms with Crippen molar-refractivity contribution >= 4 is 23.8 Å². The summed E-state index contributed by atoms with van der Waals surface area (Å²) in [5.74, 6) is -4.40. The van der Waals surface area contributed by atoms with Crippen molar-refractivity contribution in [1.82, 2.24) is 10.2 Å². The Morgan fingerprint density at radius 2 is 1.89 bits per heavy atom. The first-order valence-electron chi connectivity index (χ1n) is 13.8. The van der Waals surface area contributed by atoms with Crippen LogP contribution in [0.4, 0.5) is 13.2 Å². The molecule has 0 saturated carbocycles. The second-order valence-electron chi connectivity index (χ2n) is 11.2. The summed E-state index contributed by atoms with van der Waals surface area (Å²) in [4.78, 5) is 47.4. The molecule has 1 spiro atoms. The molecule has 1 aromatic carbocycles. The molecule has 242 valence electrons. The van der Waals surface area contributed by atoms with Crippen LogP contribution >= 0.6 is 0 Å². The minimum Gasteiger partial charge on any atom is -0.504 e. The third-order valence-electron chi connectivity index (χ3n) is 8.46. The molecule has 1 saturated heterocycles. The van der Waals surface area contributed by atoms with Gasteiger partial charge in [0, 0.05) is 24.6 Å². The van der Waals surface area contributed by atoms with Gasteiger partial charge in [0.25, 0.3) is 0 Å². The summed E-state index contributed by atoms with van der Waals surface area (Å²) in [5, 5.41) is 41.4. The zero-order chi connectivity index (χ0) is 32.8. The number of phenols is 1. The number of benzene rings is 1. The van der Waals surface area contributed by atoms with Crippen molar-refractivity contribution in [2.24, 2.45) is 0 Å². The highest BCUT2D eigenvalue weighted by Crippen LogP contribution is 2.65. The number of hydrogen-bond acceptors (Lipinski definition) is 11. The maximum atomic E-state index is 12.9. The van der Waals surface area contributed by atoms with Crippen molar-refractivity contribution in [3.05, 3.63) is 35.1 Å². The highest BCUT2D eigenvalue weighted by Gasteiger charge is 2.72. The summed E-state index contributed by atoms with van der Waals surface area (Å²) in [6.45, 7) is 3.33.